The second kappa shape index (κ2) is 9.97. The molecule has 0 aliphatic rings. The van der Waals surface area contributed by atoms with Crippen molar-refractivity contribution in [1.29, 1.82) is 0 Å². The normalized spacial score (nSPS) is 10.1. The Morgan fingerprint density at radius 2 is 1.19 bits per heavy atom. The van der Waals surface area contributed by atoms with Gasteiger partial charge in [0.1, 0.15) is 26.4 Å². The molecule has 0 aromatic carbocycles. The van der Waals surface area contributed by atoms with Crippen molar-refractivity contribution >= 4 is 0 Å². The molecule has 8 heteroatoms. The van der Waals surface area contributed by atoms with Crippen LogP contribution in [-0.2, 0) is 0 Å². The summed E-state index contributed by atoms with van der Waals surface area (Å²) in [6, 6.07) is 0.476. The van der Waals surface area contributed by atoms with E-state index in [0.29, 0.717) is 25.0 Å². The smallest absolute Gasteiger partial charge is 0.320 e. The van der Waals surface area contributed by atoms with E-state index in [1.165, 1.54) is 0 Å². The number of hydrogen-bond donors (Lipinski definition) is 0. The van der Waals surface area contributed by atoms with Gasteiger partial charge < -0.3 is 18.9 Å². The summed E-state index contributed by atoms with van der Waals surface area (Å²) in [5, 5.41) is 0. The summed E-state index contributed by atoms with van der Waals surface area (Å²) in [5.41, 5.74) is 1.60. The molecule has 0 bridgehead atoms. The van der Waals surface area contributed by atoms with Crippen molar-refractivity contribution in [2.24, 2.45) is 0 Å². The van der Waals surface area contributed by atoms with Gasteiger partial charge >= 0.3 is 12.0 Å². The monoisotopic (exact) mass is 358 g/mol. The van der Waals surface area contributed by atoms with Crippen LogP contribution in [0.2, 0.25) is 0 Å². The number of aryl methyl sites for hydroxylation is 2. The van der Waals surface area contributed by atoms with Crippen molar-refractivity contribution in [3.8, 4) is 23.8 Å². The zero-order valence-corrected chi connectivity index (χ0v) is 15.0. The average Bonchev–Trinajstić information content (AvgIpc) is 2.65. The van der Waals surface area contributed by atoms with E-state index in [2.05, 4.69) is 33.1 Å². The molecule has 0 spiro atoms. The third-order valence-electron chi connectivity index (χ3n) is 3.03. The zero-order chi connectivity index (χ0) is 18.8. The van der Waals surface area contributed by atoms with E-state index in [1.807, 2.05) is 13.8 Å². The topological polar surface area (TPSA) is 88.5 Å². The highest BCUT2D eigenvalue weighted by Gasteiger charge is 2.08. The molecule has 0 radical (unpaired) electrons. The number of rotatable bonds is 11. The van der Waals surface area contributed by atoms with Gasteiger partial charge in [0.2, 0.25) is 11.8 Å². The predicted molar refractivity (Wildman–Crippen MR) is 95.9 cm³/mol. The maximum absolute atomic E-state index is 5.64. The van der Waals surface area contributed by atoms with E-state index < -0.39 is 0 Å². The number of hydrogen-bond acceptors (Lipinski definition) is 8. The van der Waals surface area contributed by atoms with Crippen molar-refractivity contribution in [1.82, 2.24) is 19.9 Å². The van der Waals surface area contributed by atoms with Crippen molar-refractivity contribution in [2.75, 3.05) is 26.4 Å². The first-order valence-corrected chi connectivity index (χ1v) is 8.04. The first-order chi connectivity index (χ1) is 12.6. The zero-order valence-electron chi connectivity index (χ0n) is 15.0. The van der Waals surface area contributed by atoms with E-state index in [1.54, 1.807) is 24.5 Å². The molecule has 2 aromatic heterocycles. The minimum absolute atomic E-state index is 0.238. The van der Waals surface area contributed by atoms with Crippen LogP contribution in [0, 0.1) is 13.8 Å². The molecule has 2 heterocycles. The number of nitrogens with zero attached hydrogens (tertiary/aromatic N) is 4. The van der Waals surface area contributed by atoms with Gasteiger partial charge in [0.05, 0.1) is 0 Å². The van der Waals surface area contributed by atoms with Gasteiger partial charge in [-0.05, 0) is 13.8 Å². The molecule has 0 saturated heterocycles. The SMILES string of the molecule is C=CCOc1ncc(C)c(OCCOc2nc(OCC=C)ncc2C)n1. The van der Waals surface area contributed by atoms with E-state index in [9.17, 15) is 0 Å². The molecular weight excluding hydrogens is 336 g/mol. The van der Waals surface area contributed by atoms with Crippen molar-refractivity contribution in [3.05, 3.63) is 48.8 Å². The second-order valence-corrected chi connectivity index (χ2v) is 5.18. The van der Waals surface area contributed by atoms with Crippen molar-refractivity contribution < 1.29 is 18.9 Å². The summed E-state index contributed by atoms with van der Waals surface area (Å²) in [6.45, 7) is 12.1. The average molecular weight is 358 g/mol. The Balaban J connectivity index is 1.88. The molecule has 0 N–H and O–H groups in total. The highest BCUT2D eigenvalue weighted by molar-refractivity contribution is 5.24. The standard InChI is InChI=1S/C18H22N4O4/c1-5-7-25-17-19-11-13(3)15(21-17)23-9-10-24-16-14(4)12-20-18(22-16)26-8-6-2/h5-6,11-12H,1-2,7-10H2,3-4H3. The highest BCUT2D eigenvalue weighted by Crippen LogP contribution is 2.18. The third-order valence-corrected chi connectivity index (χ3v) is 3.03. The summed E-state index contributed by atoms with van der Waals surface area (Å²) in [4.78, 5) is 16.5. The Bertz CT molecular complexity index is 688. The molecule has 0 saturated carbocycles. The first-order valence-electron chi connectivity index (χ1n) is 8.04. The summed E-state index contributed by atoms with van der Waals surface area (Å²) in [7, 11) is 0. The van der Waals surface area contributed by atoms with Crippen LogP contribution in [-0.4, -0.2) is 46.4 Å². The summed E-state index contributed by atoms with van der Waals surface area (Å²) >= 11 is 0. The molecule has 2 rings (SSSR count). The second-order valence-electron chi connectivity index (χ2n) is 5.18. The van der Waals surface area contributed by atoms with Gasteiger partial charge in [0.25, 0.3) is 0 Å². The highest BCUT2D eigenvalue weighted by atomic mass is 16.5. The van der Waals surface area contributed by atoms with E-state index in [4.69, 9.17) is 18.9 Å². The third kappa shape index (κ3) is 5.73. The molecular formula is C18H22N4O4. The van der Waals surface area contributed by atoms with Crippen LogP contribution in [0.3, 0.4) is 0 Å². The van der Waals surface area contributed by atoms with Crippen molar-refractivity contribution in [3.63, 3.8) is 0 Å². The molecule has 8 nitrogen and oxygen atoms in total. The number of aromatic nitrogens is 4. The summed E-state index contributed by atoms with van der Waals surface area (Å²) < 4.78 is 21.9. The molecule has 0 aliphatic heterocycles. The largest absolute Gasteiger partial charge is 0.474 e. The lowest BCUT2D eigenvalue weighted by Crippen LogP contribution is -2.13. The molecule has 0 unspecified atom stereocenters. The maximum Gasteiger partial charge on any atom is 0.320 e. The van der Waals surface area contributed by atoms with Crippen LogP contribution in [0.15, 0.2) is 37.7 Å². The van der Waals surface area contributed by atoms with Gasteiger partial charge in [-0.25, -0.2) is 9.97 Å². The van der Waals surface area contributed by atoms with Gasteiger partial charge in [-0.2, -0.15) is 9.97 Å². The van der Waals surface area contributed by atoms with Gasteiger partial charge in [-0.15, -0.1) is 0 Å². The van der Waals surface area contributed by atoms with Crippen LogP contribution in [0.1, 0.15) is 11.1 Å². The van der Waals surface area contributed by atoms with E-state index in [-0.39, 0.29) is 25.2 Å². The Morgan fingerprint density at radius 1 is 0.769 bits per heavy atom. The van der Waals surface area contributed by atoms with Gasteiger partial charge in [-0.1, -0.05) is 25.3 Å². The van der Waals surface area contributed by atoms with Crippen molar-refractivity contribution in [2.45, 2.75) is 13.8 Å². The quantitative estimate of drug-likeness (QED) is 0.447. The minimum atomic E-state index is 0.238. The first kappa shape index (κ1) is 19.2. The lowest BCUT2D eigenvalue weighted by molar-refractivity contribution is 0.200. The van der Waals surface area contributed by atoms with Gasteiger partial charge in [0, 0.05) is 23.5 Å². The predicted octanol–water partition coefficient (Wildman–Crippen LogP) is 2.47. The maximum atomic E-state index is 5.64. The molecule has 0 amide bonds. The fourth-order valence-corrected chi connectivity index (χ4v) is 1.80. The van der Waals surface area contributed by atoms with Gasteiger partial charge in [0.15, 0.2) is 0 Å². The molecule has 0 aliphatic carbocycles. The Kier molecular flexibility index (Phi) is 7.35. The molecule has 26 heavy (non-hydrogen) atoms. The minimum Gasteiger partial charge on any atom is -0.474 e. The fraction of sp³-hybridized carbons (Fsp3) is 0.333. The van der Waals surface area contributed by atoms with E-state index >= 15 is 0 Å². The summed E-state index contributed by atoms with van der Waals surface area (Å²) in [6.07, 6.45) is 6.52. The Morgan fingerprint density at radius 3 is 1.58 bits per heavy atom. The lowest BCUT2D eigenvalue weighted by atomic mass is 10.4. The van der Waals surface area contributed by atoms with Crippen LogP contribution < -0.4 is 18.9 Å². The van der Waals surface area contributed by atoms with Gasteiger partial charge in [-0.3, -0.25) is 0 Å². The fourth-order valence-electron chi connectivity index (χ4n) is 1.80. The van der Waals surface area contributed by atoms with Crippen LogP contribution in [0.25, 0.3) is 0 Å². The molecule has 0 fully saturated rings. The van der Waals surface area contributed by atoms with E-state index in [0.717, 1.165) is 11.1 Å². The lowest BCUT2D eigenvalue weighted by Gasteiger charge is -2.11. The summed E-state index contributed by atoms with van der Waals surface area (Å²) in [5.74, 6) is 0.883. The van der Waals surface area contributed by atoms with Crippen LogP contribution in [0.4, 0.5) is 0 Å². The van der Waals surface area contributed by atoms with Crippen LogP contribution in [0.5, 0.6) is 23.8 Å². The molecule has 0 atom stereocenters. The Labute approximate surface area is 152 Å². The molecule has 2 aromatic rings. The Hall–Kier alpha value is -3.16. The molecule has 138 valence electrons. The van der Waals surface area contributed by atoms with Crippen LogP contribution >= 0.6 is 0 Å². The number of ether oxygens (including phenoxy) is 4.